The van der Waals surface area contributed by atoms with E-state index in [9.17, 15) is 22.8 Å². The summed E-state index contributed by atoms with van der Waals surface area (Å²) in [4.78, 5) is 26.5. The first-order valence-corrected chi connectivity index (χ1v) is 10.4. The lowest BCUT2D eigenvalue weighted by molar-refractivity contribution is -0.136. The smallest absolute Gasteiger partial charge is 0.417 e. The highest BCUT2D eigenvalue weighted by molar-refractivity contribution is 6.07. The molecular weight excluding hydrogens is 419 g/mol. The normalized spacial score (nSPS) is 15.1. The first-order chi connectivity index (χ1) is 15.3. The minimum absolute atomic E-state index is 0.0337. The number of hydrogen-bond donors (Lipinski definition) is 0. The fourth-order valence-electron chi connectivity index (χ4n) is 4.34. The van der Waals surface area contributed by atoms with Crippen LogP contribution in [0.25, 0.3) is 10.8 Å². The monoisotopic (exact) mass is 441 g/mol. The van der Waals surface area contributed by atoms with Crippen LogP contribution in [-0.2, 0) is 10.9 Å². The van der Waals surface area contributed by atoms with Gasteiger partial charge in [0.05, 0.1) is 18.2 Å². The predicted molar refractivity (Wildman–Crippen MR) is 115 cm³/mol. The highest BCUT2D eigenvalue weighted by Crippen LogP contribution is 2.36. The molecule has 4 nitrogen and oxygen atoms in total. The summed E-state index contributed by atoms with van der Waals surface area (Å²) in [7, 11) is 1.34. The van der Waals surface area contributed by atoms with Crippen molar-refractivity contribution in [3.63, 3.8) is 0 Å². The molecule has 3 aromatic carbocycles. The number of esters is 1. The van der Waals surface area contributed by atoms with Gasteiger partial charge < -0.3 is 9.64 Å². The molecule has 0 saturated carbocycles. The molecule has 0 atom stereocenters. The van der Waals surface area contributed by atoms with Gasteiger partial charge in [-0.1, -0.05) is 36.4 Å². The maximum atomic E-state index is 13.4. The van der Waals surface area contributed by atoms with Gasteiger partial charge in [-0.3, -0.25) is 4.79 Å². The van der Waals surface area contributed by atoms with Crippen molar-refractivity contribution in [1.82, 2.24) is 4.90 Å². The van der Waals surface area contributed by atoms with Gasteiger partial charge in [-0.25, -0.2) is 4.79 Å². The van der Waals surface area contributed by atoms with Crippen molar-refractivity contribution >= 4 is 22.6 Å². The van der Waals surface area contributed by atoms with Crippen molar-refractivity contribution in [2.24, 2.45) is 0 Å². The number of amides is 1. The summed E-state index contributed by atoms with van der Waals surface area (Å²) in [6, 6.07) is 15.7. The van der Waals surface area contributed by atoms with Crippen molar-refractivity contribution in [3.05, 3.63) is 82.9 Å². The van der Waals surface area contributed by atoms with Crippen LogP contribution in [0.15, 0.2) is 60.7 Å². The van der Waals surface area contributed by atoms with E-state index in [4.69, 9.17) is 4.74 Å². The molecule has 0 spiro atoms. The molecule has 4 rings (SSSR count). The fourth-order valence-corrected chi connectivity index (χ4v) is 4.34. The van der Waals surface area contributed by atoms with Crippen LogP contribution in [0.1, 0.15) is 50.6 Å². The summed E-state index contributed by atoms with van der Waals surface area (Å²) in [5.41, 5.74) is 1.12. The van der Waals surface area contributed by atoms with Gasteiger partial charge in [-0.05, 0) is 59.4 Å². The van der Waals surface area contributed by atoms with Gasteiger partial charge in [0.25, 0.3) is 5.91 Å². The average molecular weight is 441 g/mol. The quantitative estimate of drug-likeness (QED) is 0.493. The summed E-state index contributed by atoms with van der Waals surface area (Å²) in [6.07, 6.45) is -3.01. The lowest BCUT2D eigenvalue weighted by atomic mass is 9.88. The second kappa shape index (κ2) is 8.65. The molecule has 1 aliphatic heterocycles. The molecular formula is C25H22F3NO3. The van der Waals surface area contributed by atoms with E-state index >= 15 is 0 Å². The summed E-state index contributed by atoms with van der Waals surface area (Å²) >= 11 is 0. The molecule has 0 aromatic heterocycles. The maximum Gasteiger partial charge on any atom is 0.417 e. The Morgan fingerprint density at radius 1 is 0.906 bits per heavy atom. The largest absolute Gasteiger partial charge is 0.465 e. The van der Waals surface area contributed by atoms with E-state index in [1.165, 1.54) is 25.3 Å². The SMILES string of the molecule is COC(=O)c1ccc(C2CCN(C(=O)c3cccc4c(C(F)(F)F)cccc34)CC2)cc1. The third-order valence-corrected chi connectivity index (χ3v) is 6.04. The second-order valence-corrected chi connectivity index (χ2v) is 7.88. The number of carbonyl (C=O) groups excluding carboxylic acids is 2. The first-order valence-electron chi connectivity index (χ1n) is 10.4. The maximum absolute atomic E-state index is 13.4. The van der Waals surface area contributed by atoms with E-state index in [1.807, 2.05) is 12.1 Å². The van der Waals surface area contributed by atoms with Crippen molar-refractivity contribution < 1.29 is 27.5 Å². The van der Waals surface area contributed by atoms with E-state index < -0.39 is 11.7 Å². The third-order valence-electron chi connectivity index (χ3n) is 6.04. The van der Waals surface area contributed by atoms with Crippen LogP contribution in [0.2, 0.25) is 0 Å². The van der Waals surface area contributed by atoms with E-state index in [0.29, 0.717) is 24.0 Å². The molecule has 1 aliphatic rings. The zero-order valence-electron chi connectivity index (χ0n) is 17.5. The molecule has 0 aliphatic carbocycles. The number of piperidine rings is 1. The number of nitrogens with zero attached hydrogens (tertiary/aromatic N) is 1. The number of fused-ring (bicyclic) bond motifs is 1. The molecule has 1 fully saturated rings. The van der Waals surface area contributed by atoms with Crippen molar-refractivity contribution in [1.29, 1.82) is 0 Å². The first kappa shape index (κ1) is 21.9. The van der Waals surface area contributed by atoms with Crippen molar-refractivity contribution in [2.75, 3.05) is 20.2 Å². The van der Waals surface area contributed by atoms with Crippen LogP contribution in [0.4, 0.5) is 13.2 Å². The summed E-state index contributed by atoms with van der Waals surface area (Å²) in [5, 5.41) is 0.347. The van der Waals surface area contributed by atoms with Gasteiger partial charge in [-0.15, -0.1) is 0 Å². The second-order valence-electron chi connectivity index (χ2n) is 7.88. The minimum atomic E-state index is -4.48. The number of benzene rings is 3. The lowest BCUT2D eigenvalue weighted by Crippen LogP contribution is -2.38. The van der Waals surface area contributed by atoms with Crippen LogP contribution < -0.4 is 0 Å². The summed E-state index contributed by atoms with van der Waals surface area (Å²) in [6.45, 7) is 1.02. The number of rotatable bonds is 3. The molecule has 1 saturated heterocycles. The Morgan fingerprint density at radius 3 is 2.16 bits per heavy atom. The van der Waals surface area contributed by atoms with Gasteiger partial charge in [0.2, 0.25) is 0 Å². The Hall–Kier alpha value is -3.35. The molecule has 0 N–H and O–H groups in total. The van der Waals surface area contributed by atoms with Crippen molar-refractivity contribution in [2.45, 2.75) is 24.9 Å². The number of hydrogen-bond acceptors (Lipinski definition) is 3. The number of halogens is 3. The molecule has 3 aromatic rings. The van der Waals surface area contributed by atoms with Gasteiger partial charge in [0.15, 0.2) is 0 Å². The summed E-state index contributed by atoms with van der Waals surface area (Å²) in [5.74, 6) is -0.398. The fraction of sp³-hybridized carbons (Fsp3) is 0.280. The average Bonchev–Trinajstić information content (AvgIpc) is 2.82. The molecule has 7 heteroatoms. The Morgan fingerprint density at radius 2 is 1.53 bits per heavy atom. The Balaban J connectivity index is 1.50. The topological polar surface area (TPSA) is 46.6 Å². The van der Waals surface area contributed by atoms with Crippen LogP contribution in [-0.4, -0.2) is 37.0 Å². The zero-order chi connectivity index (χ0) is 22.9. The molecule has 0 radical (unpaired) electrons. The zero-order valence-corrected chi connectivity index (χ0v) is 17.5. The molecule has 166 valence electrons. The Labute approximate surface area is 183 Å². The molecule has 1 heterocycles. The highest BCUT2D eigenvalue weighted by Gasteiger charge is 2.33. The number of carbonyl (C=O) groups is 2. The van der Waals surface area contributed by atoms with Crippen LogP contribution in [0.3, 0.4) is 0 Å². The number of methoxy groups -OCH3 is 1. The van der Waals surface area contributed by atoms with Gasteiger partial charge in [0, 0.05) is 18.7 Å². The van der Waals surface area contributed by atoms with E-state index in [-0.39, 0.29) is 28.7 Å². The predicted octanol–water partition coefficient (Wildman–Crippen LogP) is 5.67. The third kappa shape index (κ3) is 4.20. The number of alkyl halides is 3. The van der Waals surface area contributed by atoms with Crippen LogP contribution in [0, 0.1) is 0 Å². The van der Waals surface area contributed by atoms with E-state index in [0.717, 1.165) is 24.5 Å². The van der Waals surface area contributed by atoms with Crippen LogP contribution >= 0.6 is 0 Å². The minimum Gasteiger partial charge on any atom is -0.465 e. The molecule has 0 unspecified atom stereocenters. The Bertz CT molecular complexity index is 1150. The highest BCUT2D eigenvalue weighted by atomic mass is 19.4. The summed E-state index contributed by atoms with van der Waals surface area (Å²) < 4.78 is 44.8. The lowest BCUT2D eigenvalue weighted by Gasteiger charge is -2.32. The number of likely N-dealkylation sites (tertiary alicyclic amines) is 1. The van der Waals surface area contributed by atoms with Gasteiger partial charge >= 0.3 is 12.1 Å². The molecule has 1 amide bonds. The van der Waals surface area contributed by atoms with E-state index in [1.54, 1.807) is 29.2 Å². The van der Waals surface area contributed by atoms with Gasteiger partial charge in [-0.2, -0.15) is 13.2 Å². The Kier molecular flexibility index (Phi) is 5.91. The number of ether oxygens (including phenoxy) is 1. The van der Waals surface area contributed by atoms with Crippen LogP contribution in [0.5, 0.6) is 0 Å². The molecule has 32 heavy (non-hydrogen) atoms. The molecule has 0 bridgehead atoms. The van der Waals surface area contributed by atoms with Gasteiger partial charge in [0.1, 0.15) is 0 Å². The van der Waals surface area contributed by atoms with Crippen molar-refractivity contribution in [3.8, 4) is 0 Å². The van der Waals surface area contributed by atoms with E-state index in [2.05, 4.69) is 0 Å². The standard InChI is InChI=1S/C25H22F3NO3/c1-32-24(31)18-10-8-16(9-11-18)17-12-14-29(15-13-17)23(30)21-6-2-5-20-19(21)4-3-7-22(20)25(26,27)28/h2-11,17H,12-15H2,1H3.